The summed E-state index contributed by atoms with van der Waals surface area (Å²) in [6, 6.07) is 20.4. The average molecular weight is 472 g/mol. The number of amides is 1. The predicted octanol–water partition coefficient (Wildman–Crippen LogP) is 2.41. The summed E-state index contributed by atoms with van der Waals surface area (Å²) in [4.78, 5) is 36.3. The van der Waals surface area contributed by atoms with Gasteiger partial charge in [-0.25, -0.2) is 4.79 Å². The fourth-order valence-electron chi connectivity index (χ4n) is 3.68. The molecule has 35 heavy (non-hydrogen) atoms. The Morgan fingerprint density at radius 1 is 1.03 bits per heavy atom. The Balaban J connectivity index is 1.50. The number of phenols is 1. The van der Waals surface area contributed by atoms with E-state index in [1.807, 2.05) is 30.3 Å². The van der Waals surface area contributed by atoms with E-state index in [9.17, 15) is 24.6 Å². The van der Waals surface area contributed by atoms with Gasteiger partial charge in [-0.1, -0.05) is 42.5 Å². The van der Waals surface area contributed by atoms with Crippen LogP contribution in [0.5, 0.6) is 11.5 Å². The molecule has 4 aromatic rings. The van der Waals surface area contributed by atoms with Gasteiger partial charge in [-0.05, 0) is 54.3 Å². The van der Waals surface area contributed by atoms with Crippen molar-refractivity contribution < 1.29 is 29.0 Å². The van der Waals surface area contributed by atoms with Gasteiger partial charge in [0.1, 0.15) is 17.1 Å². The number of carboxylic acid groups (broad SMARTS) is 1. The van der Waals surface area contributed by atoms with E-state index >= 15 is 0 Å². The van der Waals surface area contributed by atoms with E-state index in [0.717, 1.165) is 5.56 Å². The number of carbonyl (C=O) groups excluding carboxylic acids is 2. The topological polar surface area (TPSA) is 129 Å². The molecule has 0 unspecified atom stereocenters. The summed E-state index contributed by atoms with van der Waals surface area (Å²) in [6.45, 7) is 1.48. The van der Waals surface area contributed by atoms with Crippen molar-refractivity contribution in [3.63, 3.8) is 0 Å². The van der Waals surface area contributed by atoms with Gasteiger partial charge in [0.15, 0.2) is 6.10 Å². The van der Waals surface area contributed by atoms with Gasteiger partial charge in [-0.2, -0.15) is 0 Å². The van der Waals surface area contributed by atoms with Crippen molar-refractivity contribution in [1.29, 1.82) is 0 Å². The van der Waals surface area contributed by atoms with Crippen LogP contribution >= 0.6 is 0 Å². The monoisotopic (exact) mass is 472 g/mol. The number of rotatable bonds is 8. The van der Waals surface area contributed by atoms with Gasteiger partial charge in [0, 0.05) is 17.5 Å². The first kappa shape index (κ1) is 23.6. The Labute approximate surface area is 200 Å². The zero-order valence-corrected chi connectivity index (χ0v) is 18.8. The molecule has 178 valence electrons. The van der Waals surface area contributed by atoms with Gasteiger partial charge in [-0.3, -0.25) is 4.79 Å². The lowest BCUT2D eigenvalue weighted by molar-refractivity contribution is -0.308. The number of benzene rings is 3. The van der Waals surface area contributed by atoms with E-state index in [4.69, 9.17) is 9.15 Å². The molecule has 0 saturated carbocycles. The maximum Gasteiger partial charge on any atom is 0.336 e. The average Bonchev–Trinajstić information content (AvgIpc) is 2.84. The number of hydrogen-bond acceptors (Lipinski definition) is 7. The van der Waals surface area contributed by atoms with E-state index in [2.05, 4.69) is 5.32 Å². The third kappa shape index (κ3) is 5.67. The molecule has 0 spiro atoms. The highest BCUT2D eigenvalue weighted by Crippen LogP contribution is 2.29. The third-order valence-corrected chi connectivity index (χ3v) is 5.46. The minimum atomic E-state index is -1.44. The molecule has 0 aliphatic rings. The number of aliphatic carboxylic acids is 1. The van der Waals surface area contributed by atoms with Crippen LogP contribution < -0.4 is 20.8 Å². The van der Waals surface area contributed by atoms with Crippen LogP contribution in [0, 0.1) is 0 Å². The Bertz CT molecular complexity index is 1410. The van der Waals surface area contributed by atoms with Gasteiger partial charge in [-0.15, -0.1) is 0 Å². The SMILES string of the molecule is C[C@H](Oc1ccc2c(-c3ccccc3)cc(=O)oc2c1)C(=O)N[C@@H](Cc1ccc(O)cc1)C(=O)[O-]. The zero-order chi connectivity index (χ0) is 24.9. The van der Waals surface area contributed by atoms with Crippen LogP contribution in [-0.4, -0.2) is 29.1 Å². The van der Waals surface area contributed by atoms with Crippen LogP contribution in [0.15, 0.2) is 88.1 Å². The molecular weight excluding hydrogens is 450 g/mol. The Hall–Kier alpha value is -4.59. The molecule has 1 aromatic heterocycles. The molecular formula is C27H22NO7-. The van der Waals surface area contributed by atoms with Crippen LogP contribution in [0.3, 0.4) is 0 Å². The lowest BCUT2D eigenvalue weighted by atomic mass is 10.0. The summed E-state index contributed by atoms with van der Waals surface area (Å²) in [7, 11) is 0. The van der Waals surface area contributed by atoms with E-state index < -0.39 is 29.6 Å². The first-order valence-electron chi connectivity index (χ1n) is 10.9. The van der Waals surface area contributed by atoms with Crippen LogP contribution in [0.2, 0.25) is 0 Å². The van der Waals surface area contributed by atoms with Crippen molar-refractivity contribution in [2.45, 2.75) is 25.5 Å². The Morgan fingerprint density at radius 3 is 2.43 bits per heavy atom. The molecule has 2 N–H and O–H groups in total. The molecule has 3 aromatic carbocycles. The Morgan fingerprint density at radius 2 is 1.74 bits per heavy atom. The number of hydrogen-bond donors (Lipinski definition) is 2. The van der Waals surface area contributed by atoms with Gasteiger partial charge in [0.2, 0.25) is 0 Å². The largest absolute Gasteiger partial charge is 0.548 e. The predicted molar refractivity (Wildman–Crippen MR) is 127 cm³/mol. The van der Waals surface area contributed by atoms with Gasteiger partial charge >= 0.3 is 5.63 Å². The number of carboxylic acids is 1. The molecule has 0 radical (unpaired) electrons. The number of carbonyl (C=O) groups is 2. The fourth-order valence-corrected chi connectivity index (χ4v) is 3.68. The van der Waals surface area contributed by atoms with Crippen molar-refractivity contribution >= 4 is 22.8 Å². The highest BCUT2D eigenvalue weighted by molar-refractivity contribution is 5.94. The van der Waals surface area contributed by atoms with Crippen LogP contribution in [0.25, 0.3) is 22.1 Å². The first-order valence-corrected chi connectivity index (χ1v) is 10.9. The molecule has 2 atom stereocenters. The molecule has 0 aliphatic carbocycles. The normalized spacial score (nSPS) is 12.6. The van der Waals surface area contributed by atoms with E-state index in [1.165, 1.54) is 31.2 Å². The molecule has 8 nitrogen and oxygen atoms in total. The minimum absolute atomic E-state index is 0.0233. The number of ether oxygens (including phenoxy) is 1. The maximum absolute atomic E-state index is 12.6. The molecule has 1 heterocycles. The molecule has 0 fully saturated rings. The summed E-state index contributed by atoms with van der Waals surface area (Å²) in [6.07, 6.45) is -1.07. The molecule has 0 saturated heterocycles. The van der Waals surface area contributed by atoms with Crippen LogP contribution in [0.4, 0.5) is 0 Å². The number of phenolic OH excluding ortho intramolecular Hbond substituents is 1. The van der Waals surface area contributed by atoms with E-state index in [1.54, 1.807) is 24.3 Å². The highest BCUT2D eigenvalue weighted by Gasteiger charge is 2.21. The fraction of sp³-hybridized carbons (Fsp3) is 0.148. The van der Waals surface area contributed by atoms with Crippen LogP contribution in [0.1, 0.15) is 12.5 Å². The Kier molecular flexibility index (Phi) is 6.82. The molecule has 0 bridgehead atoms. The van der Waals surface area contributed by atoms with Crippen molar-refractivity contribution in [2.24, 2.45) is 0 Å². The van der Waals surface area contributed by atoms with Crippen molar-refractivity contribution in [1.82, 2.24) is 5.32 Å². The van der Waals surface area contributed by atoms with Crippen molar-refractivity contribution in [2.75, 3.05) is 0 Å². The summed E-state index contributed by atoms with van der Waals surface area (Å²) in [5, 5.41) is 24.0. The minimum Gasteiger partial charge on any atom is -0.548 e. The van der Waals surface area contributed by atoms with E-state index in [-0.39, 0.29) is 17.9 Å². The summed E-state index contributed by atoms with van der Waals surface area (Å²) in [5.74, 6) is -1.78. The number of fused-ring (bicyclic) bond motifs is 1. The second-order valence-electron chi connectivity index (χ2n) is 8.01. The van der Waals surface area contributed by atoms with Gasteiger partial charge in [0.25, 0.3) is 5.91 Å². The second-order valence-corrected chi connectivity index (χ2v) is 8.01. The molecule has 0 aliphatic heterocycles. The van der Waals surface area contributed by atoms with Gasteiger partial charge in [0.05, 0.1) is 12.0 Å². The highest BCUT2D eigenvalue weighted by atomic mass is 16.5. The first-order chi connectivity index (χ1) is 16.8. The standard InChI is InChI=1S/C27H23NO7/c1-16(26(31)28-23(27(32)33)13-17-7-9-19(29)10-8-17)34-20-11-12-21-22(18-5-3-2-4-6-18)15-25(30)35-24(21)14-20/h2-12,14-16,23,29H,13H2,1H3,(H,28,31)(H,32,33)/p-1/t16-,23-/m0/s1. The second kappa shape index (κ2) is 10.1. The lowest BCUT2D eigenvalue weighted by Crippen LogP contribution is -2.52. The zero-order valence-electron chi connectivity index (χ0n) is 18.8. The summed E-state index contributed by atoms with van der Waals surface area (Å²) < 4.78 is 11.0. The number of nitrogens with one attached hydrogen (secondary N) is 1. The summed E-state index contributed by atoms with van der Waals surface area (Å²) in [5.41, 5.74) is 1.94. The van der Waals surface area contributed by atoms with Crippen LogP contribution in [-0.2, 0) is 16.0 Å². The molecule has 4 rings (SSSR count). The third-order valence-electron chi connectivity index (χ3n) is 5.46. The smallest absolute Gasteiger partial charge is 0.336 e. The quantitative estimate of drug-likeness (QED) is 0.377. The maximum atomic E-state index is 12.6. The molecule has 1 amide bonds. The lowest BCUT2D eigenvalue weighted by Gasteiger charge is -2.22. The molecule has 8 heteroatoms. The van der Waals surface area contributed by atoms with Crippen molar-refractivity contribution in [3.8, 4) is 22.6 Å². The summed E-state index contributed by atoms with van der Waals surface area (Å²) >= 11 is 0. The van der Waals surface area contributed by atoms with Crippen molar-refractivity contribution in [3.05, 3.63) is 94.8 Å². The number of aromatic hydroxyl groups is 1. The van der Waals surface area contributed by atoms with E-state index in [0.29, 0.717) is 22.1 Å². The van der Waals surface area contributed by atoms with Gasteiger partial charge < -0.3 is 29.5 Å².